The number of carbonyl (C=O) groups excluding carboxylic acids is 1. The molecular formula is C18H29N3O2. The molecule has 1 aromatic rings. The average Bonchev–Trinajstić information content (AvgIpc) is 3.09. The first kappa shape index (κ1) is 16.5. The third kappa shape index (κ3) is 4.82. The van der Waals surface area contributed by atoms with Gasteiger partial charge in [0.05, 0.1) is 0 Å². The Labute approximate surface area is 139 Å². The van der Waals surface area contributed by atoms with E-state index in [-0.39, 0.29) is 5.91 Å². The van der Waals surface area contributed by atoms with Crippen molar-refractivity contribution in [2.75, 3.05) is 46.3 Å². The molecule has 2 heterocycles. The van der Waals surface area contributed by atoms with E-state index in [2.05, 4.69) is 35.2 Å². The average molecular weight is 319 g/mol. The quantitative estimate of drug-likeness (QED) is 0.831. The van der Waals surface area contributed by atoms with Crippen LogP contribution in [0.2, 0.25) is 0 Å². The number of carbonyl (C=O) groups is 1. The van der Waals surface area contributed by atoms with Crippen LogP contribution in [0.25, 0.3) is 0 Å². The molecule has 1 N–H and O–H groups in total. The zero-order chi connectivity index (χ0) is 16.2. The van der Waals surface area contributed by atoms with Gasteiger partial charge in [-0.1, -0.05) is 6.92 Å². The van der Waals surface area contributed by atoms with Crippen LogP contribution in [0.4, 0.5) is 0 Å². The Bertz CT molecular complexity index is 520. The van der Waals surface area contributed by atoms with Gasteiger partial charge in [-0.15, -0.1) is 0 Å². The highest BCUT2D eigenvalue weighted by atomic mass is 16.3. The van der Waals surface area contributed by atoms with Gasteiger partial charge in [0, 0.05) is 58.0 Å². The molecule has 5 nitrogen and oxygen atoms in total. The maximum absolute atomic E-state index is 11.9. The van der Waals surface area contributed by atoms with Gasteiger partial charge in [0.15, 0.2) is 0 Å². The van der Waals surface area contributed by atoms with E-state index in [9.17, 15) is 4.79 Å². The second kappa shape index (κ2) is 7.49. The molecule has 1 saturated carbocycles. The topological polar surface area (TPSA) is 48.7 Å². The zero-order valence-corrected chi connectivity index (χ0v) is 14.4. The van der Waals surface area contributed by atoms with Crippen molar-refractivity contribution in [2.45, 2.75) is 32.1 Å². The largest absolute Gasteiger partial charge is 0.466 e. The van der Waals surface area contributed by atoms with E-state index in [0.717, 1.165) is 56.7 Å². The van der Waals surface area contributed by atoms with Crippen molar-refractivity contribution in [3.05, 3.63) is 23.7 Å². The van der Waals surface area contributed by atoms with Gasteiger partial charge in [0.25, 0.3) is 0 Å². The SMILES string of the molecule is C[C@@H]1C[C@@H]1c1ccc(CCC(=O)NCCN2CCN(C)CC2)o1. The van der Waals surface area contributed by atoms with Crippen molar-refractivity contribution in [2.24, 2.45) is 5.92 Å². The molecule has 1 saturated heterocycles. The summed E-state index contributed by atoms with van der Waals surface area (Å²) < 4.78 is 5.85. The van der Waals surface area contributed by atoms with Crippen LogP contribution in [-0.2, 0) is 11.2 Å². The third-order valence-electron chi connectivity index (χ3n) is 5.10. The van der Waals surface area contributed by atoms with Crippen molar-refractivity contribution in [3.63, 3.8) is 0 Å². The first-order chi connectivity index (χ1) is 11.1. The van der Waals surface area contributed by atoms with E-state index in [4.69, 9.17) is 4.42 Å². The van der Waals surface area contributed by atoms with Crippen molar-refractivity contribution in [3.8, 4) is 0 Å². The summed E-state index contributed by atoms with van der Waals surface area (Å²) in [5, 5.41) is 3.02. The number of aryl methyl sites for hydroxylation is 1. The van der Waals surface area contributed by atoms with E-state index < -0.39 is 0 Å². The molecule has 1 aliphatic carbocycles. The van der Waals surface area contributed by atoms with Crippen LogP contribution in [0.1, 0.15) is 37.2 Å². The highest BCUT2D eigenvalue weighted by Crippen LogP contribution is 2.47. The van der Waals surface area contributed by atoms with E-state index in [1.807, 2.05) is 6.07 Å². The lowest BCUT2D eigenvalue weighted by Crippen LogP contribution is -2.46. The minimum absolute atomic E-state index is 0.122. The molecule has 5 heteroatoms. The van der Waals surface area contributed by atoms with Crippen LogP contribution in [-0.4, -0.2) is 62.0 Å². The van der Waals surface area contributed by atoms with Crippen molar-refractivity contribution < 1.29 is 9.21 Å². The Morgan fingerprint density at radius 1 is 1.30 bits per heavy atom. The van der Waals surface area contributed by atoms with Gasteiger partial charge >= 0.3 is 0 Å². The first-order valence-corrected chi connectivity index (χ1v) is 8.88. The molecular weight excluding hydrogens is 290 g/mol. The van der Waals surface area contributed by atoms with Gasteiger partial charge < -0.3 is 14.6 Å². The number of hydrogen-bond acceptors (Lipinski definition) is 4. The number of nitrogens with zero attached hydrogens (tertiary/aromatic N) is 2. The molecule has 1 aliphatic heterocycles. The Hall–Kier alpha value is -1.33. The first-order valence-electron chi connectivity index (χ1n) is 8.88. The molecule has 0 radical (unpaired) electrons. The molecule has 2 aliphatic rings. The highest BCUT2D eigenvalue weighted by Gasteiger charge is 2.36. The summed E-state index contributed by atoms with van der Waals surface area (Å²) in [6, 6.07) is 4.10. The minimum Gasteiger partial charge on any atom is -0.466 e. The van der Waals surface area contributed by atoms with E-state index in [0.29, 0.717) is 18.8 Å². The fourth-order valence-electron chi connectivity index (χ4n) is 3.20. The van der Waals surface area contributed by atoms with Gasteiger partial charge in [0.2, 0.25) is 5.91 Å². The summed E-state index contributed by atoms with van der Waals surface area (Å²) in [4.78, 5) is 16.7. The molecule has 3 rings (SSSR count). The number of amides is 1. The van der Waals surface area contributed by atoms with Crippen LogP contribution in [0, 0.1) is 5.92 Å². The van der Waals surface area contributed by atoms with Gasteiger partial charge in [-0.2, -0.15) is 0 Å². The normalized spacial score (nSPS) is 25.5. The van der Waals surface area contributed by atoms with E-state index in [1.54, 1.807) is 0 Å². The standard InChI is InChI=1S/C18H29N3O2/c1-14-13-16(14)17-5-3-15(23-17)4-6-18(22)19-7-8-21-11-9-20(2)10-12-21/h3,5,14,16H,4,6-13H2,1-2H3,(H,19,22)/t14-,16+/m1/s1. The Kier molecular flexibility index (Phi) is 5.38. The Morgan fingerprint density at radius 3 is 2.74 bits per heavy atom. The van der Waals surface area contributed by atoms with Crippen LogP contribution < -0.4 is 5.32 Å². The number of piperazine rings is 1. The molecule has 128 valence electrons. The molecule has 0 spiro atoms. The number of likely N-dealkylation sites (N-methyl/N-ethyl adjacent to an activating group) is 1. The molecule has 1 amide bonds. The predicted octanol–water partition coefficient (Wildman–Crippen LogP) is 1.70. The third-order valence-corrected chi connectivity index (χ3v) is 5.10. The van der Waals surface area contributed by atoms with Gasteiger partial charge in [-0.25, -0.2) is 0 Å². The summed E-state index contributed by atoms with van der Waals surface area (Å²) in [6.07, 6.45) is 2.44. The number of furan rings is 1. The fourth-order valence-corrected chi connectivity index (χ4v) is 3.20. The molecule has 2 atom stereocenters. The van der Waals surface area contributed by atoms with Crippen molar-refractivity contribution in [1.82, 2.24) is 15.1 Å². The Morgan fingerprint density at radius 2 is 2.04 bits per heavy atom. The lowest BCUT2D eigenvalue weighted by molar-refractivity contribution is -0.121. The second-order valence-corrected chi connectivity index (χ2v) is 7.12. The summed E-state index contributed by atoms with van der Waals surface area (Å²) in [5.74, 6) is 3.53. The molecule has 2 fully saturated rings. The maximum atomic E-state index is 11.9. The summed E-state index contributed by atoms with van der Waals surface area (Å²) in [5.41, 5.74) is 0. The lowest BCUT2D eigenvalue weighted by atomic mass is 10.2. The number of rotatable bonds is 7. The number of hydrogen-bond donors (Lipinski definition) is 1. The monoisotopic (exact) mass is 319 g/mol. The molecule has 0 bridgehead atoms. The van der Waals surface area contributed by atoms with Gasteiger partial charge in [0.1, 0.15) is 11.5 Å². The fraction of sp³-hybridized carbons (Fsp3) is 0.722. The lowest BCUT2D eigenvalue weighted by Gasteiger charge is -2.32. The second-order valence-electron chi connectivity index (χ2n) is 7.12. The number of nitrogens with one attached hydrogen (secondary N) is 1. The van der Waals surface area contributed by atoms with Crippen LogP contribution >= 0.6 is 0 Å². The molecule has 0 unspecified atom stereocenters. The maximum Gasteiger partial charge on any atom is 0.220 e. The molecule has 0 aromatic carbocycles. The van der Waals surface area contributed by atoms with Gasteiger partial charge in [-0.3, -0.25) is 9.69 Å². The molecule has 23 heavy (non-hydrogen) atoms. The van der Waals surface area contributed by atoms with E-state index >= 15 is 0 Å². The minimum atomic E-state index is 0.122. The van der Waals surface area contributed by atoms with E-state index in [1.165, 1.54) is 6.42 Å². The summed E-state index contributed by atoms with van der Waals surface area (Å²) in [6.45, 7) is 8.38. The molecule has 1 aromatic heterocycles. The van der Waals surface area contributed by atoms with Crippen LogP contribution in [0.5, 0.6) is 0 Å². The van der Waals surface area contributed by atoms with Crippen LogP contribution in [0.3, 0.4) is 0 Å². The van der Waals surface area contributed by atoms with Gasteiger partial charge in [-0.05, 0) is 31.5 Å². The van der Waals surface area contributed by atoms with Crippen molar-refractivity contribution in [1.29, 1.82) is 0 Å². The van der Waals surface area contributed by atoms with Crippen LogP contribution in [0.15, 0.2) is 16.5 Å². The summed E-state index contributed by atoms with van der Waals surface area (Å²) in [7, 11) is 2.16. The predicted molar refractivity (Wildman–Crippen MR) is 90.5 cm³/mol. The smallest absolute Gasteiger partial charge is 0.220 e. The Balaban J connectivity index is 1.30. The highest BCUT2D eigenvalue weighted by molar-refractivity contribution is 5.76. The zero-order valence-electron chi connectivity index (χ0n) is 14.4. The van der Waals surface area contributed by atoms with Crippen molar-refractivity contribution >= 4 is 5.91 Å². The summed E-state index contributed by atoms with van der Waals surface area (Å²) >= 11 is 0.